The van der Waals surface area contributed by atoms with E-state index < -0.39 is 0 Å². The molecule has 1 atom stereocenters. The molecule has 0 saturated heterocycles. The predicted octanol–water partition coefficient (Wildman–Crippen LogP) is 1.54. The Labute approximate surface area is 64.5 Å². The van der Waals surface area contributed by atoms with Crippen LogP contribution in [-0.2, 0) is 0 Å². The van der Waals surface area contributed by atoms with Gasteiger partial charge in [0.2, 0.25) is 0 Å². The van der Waals surface area contributed by atoms with Gasteiger partial charge in [0.05, 0.1) is 17.7 Å². The lowest BCUT2D eigenvalue weighted by molar-refractivity contribution is 0.306. The lowest BCUT2D eigenvalue weighted by Crippen LogP contribution is -2.02. The van der Waals surface area contributed by atoms with Crippen LogP contribution in [0.1, 0.15) is 0 Å². The highest BCUT2D eigenvalue weighted by Crippen LogP contribution is 2.16. The van der Waals surface area contributed by atoms with E-state index in [0.717, 1.165) is 6.26 Å². The molecule has 0 amide bonds. The molecule has 0 rings (SSSR count). The normalized spacial score (nSPS) is 16.1. The molecule has 0 aliphatic rings. The average Bonchev–Trinajstić information content (AvgIpc) is 1.84. The van der Waals surface area contributed by atoms with E-state index in [0.29, 0.717) is 4.48 Å². The van der Waals surface area contributed by atoms with Crippen LogP contribution in [0.3, 0.4) is 0 Å². The van der Waals surface area contributed by atoms with E-state index in [2.05, 4.69) is 31.9 Å². The van der Waals surface area contributed by atoms with Crippen molar-refractivity contribution < 1.29 is 10.2 Å². The molecule has 0 fully saturated rings. The Morgan fingerprint density at radius 2 is 2.25 bits per heavy atom. The molecule has 2 N–H and O–H groups in total. The van der Waals surface area contributed by atoms with Gasteiger partial charge in [-0.25, -0.2) is 0 Å². The monoisotopic (exact) mass is 244 g/mol. The lowest BCUT2D eigenvalue weighted by Gasteiger charge is -2.00. The van der Waals surface area contributed by atoms with Crippen molar-refractivity contribution in [2.75, 3.05) is 6.61 Å². The number of aliphatic hydroxyl groups is 2. The fraction of sp³-hybridized carbons (Fsp3) is 0.500. The van der Waals surface area contributed by atoms with Crippen LogP contribution < -0.4 is 0 Å². The average molecular weight is 246 g/mol. The summed E-state index contributed by atoms with van der Waals surface area (Å²) < 4.78 is 0.542. The Bertz CT molecular complexity index is 92.0. The van der Waals surface area contributed by atoms with Gasteiger partial charge in [-0.1, -0.05) is 31.9 Å². The van der Waals surface area contributed by atoms with Gasteiger partial charge in [-0.3, -0.25) is 0 Å². The molecule has 1 unspecified atom stereocenters. The third-order valence-electron chi connectivity index (χ3n) is 0.583. The third-order valence-corrected chi connectivity index (χ3v) is 2.74. The molecule has 0 aromatic rings. The number of alkyl halides is 1. The van der Waals surface area contributed by atoms with Gasteiger partial charge in [-0.2, -0.15) is 0 Å². The molecule has 0 bridgehead atoms. The Morgan fingerprint density at radius 3 is 2.38 bits per heavy atom. The predicted molar refractivity (Wildman–Crippen MR) is 39.4 cm³/mol. The van der Waals surface area contributed by atoms with E-state index in [1.54, 1.807) is 0 Å². The summed E-state index contributed by atoms with van der Waals surface area (Å²) in [5.41, 5.74) is 0. The molecule has 48 valence electrons. The van der Waals surface area contributed by atoms with Crippen LogP contribution in [0.5, 0.6) is 0 Å². The van der Waals surface area contributed by atoms with Crippen LogP contribution in [0.15, 0.2) is 10.7 Å². The van der Waals surface area contributed by atoms with Crippen LogP contribution in [0.2, 0.25) is 0 Å². The van der Waals surface area contributed by atoms with E-state index in [9.17, 15) is 0 Å². The summed E-state index contributed by atoms with van der Waals surface area (Å²) in [6.07, 6.45) is 0.898. The summed E-state index contributed by atoms with van der Waals surface area (Å²) in [4.78, 5) is -0.188. The first-order valence-corrected chi connectivity index (χ1v) is 3.68. The second kappa shape index (κ2) is 4.35. The van der Waals surface area contributed by atoms with Crippen LogP contribution in [0, 0.1) is 0 Å². The van der Waals surface area contributed by atoms with Gasteiger partial charge in [-0.05, 0) is 0 Å². The maximum atomic E-state index is 8.41. The molecule has 0 aliphatic heterocycles. The second-order valence-electron chi connectivity index (χ2n) is 1.16. The molecule has 0 radical (unpaired) electrons. The molecule has 2 nitrogen and oxygen atoms in total. The van der Waals surface area contributed by atoms with Crippen molar-refractivity contribution in [2.45, 2.75) is 4.83 Å². The molecule has 4 heteroatoms. The molecular weight excluding hydrogens is 240 g/mol. The smallest absolute Gasteiger partial charge is 0.0905 e. The van der Waals surface area contributed by atoms with Gasteiger partial charge in [0.25, 0.3) is 0 Å². The third kappa shape index (κ3) is 2.69. The zero-order chi connectivity index (χ0) is 6.57. The summed E-state index contributed by atoms with van der Waals surface area (Å²) in [5, 5.41) is 16.7. The molecule has 8 heavy (non-hydrogen) atoms. The Hall–Kier alpha value is 0.460. The Morgan fingerprint density at radius 1 is 1.75 bits per heavy atom. The SMILES string of the molecule is OC=C(Br)C(Br)CO. The van der Waals surface area contributed by atoms with E-state index in [4.69, 9.17) is 10.2 Å². The zero-order valence-corrected chi connectivity index (χ0v) is 7.18. The number of halogens is 2. The molecule has 0 aliphatic carbocycles. The van der Waals surface area contributed by atoms with Gasteiger partial charge in [-0.15, -0.1) is 0 Å². The van der Waals surface area contributed by atoms with Gasteiger partial charge in [0, 0.05) is 4.48 Å². The minimum absolute atomic E-state index is 0.0301. The Kier molecular flexibility index (Phi) is 4.60. The summed E-state index contributed by atoms with van der Waals surface area (Å²) >= 11 is 6.08. The largest absolute Gasteiger partial charge is 0.515 e. The van der Waals surface area contributed by atoms with Crippen LogP contribution >= 0.6 is 31.9 Å². The van der Waals surface area contributed by atoms with E-state index >= 15 is 0 Å². The first-order chi connectivity index (χ1) is 3.72. The first-order valence-electron chi connectivity index (χ1n) is 1.97. The molecule has 0 heterocycles. The van der Waals surface area contributed by atoms with Gasteiger partial charge in [0.1, 0.15) is 0 Å². The van der Waals surface area contributed by atoms with E-state index in [1.165, 1.54) is 0 Å². The lowest BCUT2D eigenvalue weighted by atomic mass is 10.4. The maximum absolute atomic E-state index is 8.41. The second-order valence-corrected chi connectivity index (χ2v) is 3.19. The zero-order valence-electron chi connectivity index (χ0n) is 4.01. The topological polar surface area (TPSA) is 40.5 Å². The summed E-state index contributed by atoms with van der Waals surface area (Å²) in [6.45, 7) is -0.0301. The van der Waals surface area contributed by atoms with Crippen molar-refractivity contribution >= 4 is 31.9 Å². The van der Waals surface area contributed by atoms with Crippen molar-refractivity contribution in [3.05, 3.63) is 10.7 Å². The summed E-state index contributed by atoms with van der Waals surface area (Å²) in [6, 6.07) is 0. The fourth-order valence-electron chi connectivity index (χ4n) is 0.168. The molecule has 0 spiro atoms. The quantitative estimate of drug-likeness (QED) is 0.573. The number of rotatable bonds is 2. The fourth-order valence-corrected chi connectivity index (χ4v) is 0.431. The minimum Gasteiger partial charge on any atom is -0.515 e. The van der Waals surface area contributed by atoms with Crippen molar-refractivity contribution in [1.82, 2.24) is 0 Å². The first kappa shape index (κ1) is 8.46. The van der Waals surface area contributed by atoms with Crippen molar-refractivity contribution in [3.63, 3.8) is 0 Å². The van der Waals surface area contributed by atoms with Crippen molar-refractivity contribution in [1.29, 1.82) is 0 Å². The summed E-state index contributed by atoms with van der Waals surface area (Å²) in [5.74, 6) is 0. The molecule has 0 aromatic carbocycles. The Balaban J connectivity index is 3.63. The van der Waals surface area contributed by atoms with E-state index in [-0.39, 0.29) is 11.4 Å². The van der Waals surface area contributed by atoms with Crippen LogP contribution in [0.4, 0.5) is 0 Å². The number of hydrogen-bond acceptors (Lipinski definition) is 2. The molecule has 0 saturated carbocycles. The van der Waals surface area contributed by atoms with Crippen LogP contribution in [0.25, 0.3) is 0 Å². The highest BCUT2D eigenvalue weighted by atomic mass is 79.9. The van der Waals surface area contributed by atoms with Gasteiger partial charge < -0.3 is 10.2 Å². The van der Waals surface area contributed by atoms with Crippen LogP contribution in [-0.4, -0.2) is 21.6 Å². The highest BCUT2D eigenvalue weighted by molar-refractivity contribution is 9.14. The highest BCUT2D eigenvalue weighted by Gasteiger charge is 2.04. The standard InChI is InChI=1S/C4H6Br2O2/c5-3(1-7)4(6)2-8/h1,4,7-8H,2H2. The van der Waals surface area contributed by atoms with Crippen molar-refractivity contribution in [3.8, 4) is 0 Å². The van der Waals surface area contributed by atoms with Gasteiger partial charge >= 0.3 is 0 Å². The van der Waals surface area contributed by atoms with Gasteiger partial charge in [0.15, 0.2) is 0 Å². The number of aliphatic hydroxyl groups excluding tert-OH is 2. The summed E-state index contributed by atoms with van der Waals surface area (Å²) in [7, 11) is 0. The molecular formula is C4H6Br2O2. The van der Waals surface area contributed by atoms with E-state index in [1.807, 2.05) is 0 Å². The number of hydrogen-bond donors (Lipinski definition) is 2. The maximum Gasteiger partial charge on any atom is 0.0905 e. The molecule has 0 aromatic heterocycles. The minimum atomic E-state index is -0.188. The van der Waals surface area contributed by atoms with Crippen molar-refractivity contribution in [2.24, 2.45) is 0 Å².